The molecule has 0 bridgehead atoms. The number of dihydropyridines is 1. The van der Waals surface area contributed by atoms with E-state index in [1.54, 1.807) is 0 Å². The second-order valence-electron chi connectivity index (χ2n) is 13.2. The first-order valence-corrected chi connectivity index (χ1v) is 17.1. The first-order chi connectivity index (χ1) is 24.3. The molecule has 2 aliphatic heterocycles. The third kappa shape index (κ3) is 4.82. The van der Waals surface area contributed by atoms with Gasteiger partial charge in [-0.1, -0.05) is 121 Å². The second kappa shape index (κ2) is 11.5. The number of hydrogen-bond donors (Lipinski definition) is 4. The van der Waals surface area contributed by atoms with E-state index in [4.69, 9.17) is 0 Å². The molecule has 3 unspecified atom stereocenters. The lowest BCUT2D eigenvalue weighted by atomic mass is 10.00. The van der Waals surface area contributed by atoms with Crippen LogP contribution in [-0.2, 0) is 0 Å². The molecule has 1 fully saturated rings. The molecular formula is C44H35N5. The van der Waals surface area contributed by atoms with Crippen LogP contribution in [0.15, 0.2) is 170 Å². The van der Waals surface area contributed by atoms with E-state index in [0.717, 1.165) is 0 Å². The molecule has 0 saturated carbocycles. The average Bonchev–Trinajstić information content (AvgIpc) is 3.52. The van der Waals surface area contributed by atoms with Crippen LogP contribution >= 0.6 is 0 Å². The monoisotopic (exact) mass is 633 g/mol. The zero-order valence-electron chi connectivity index (χ0n) is 26.8. The lowest BCUT2D eigenvalue weighted by Crippen LogP contribution is -2.59. The van der Waals surface area contributed by atoms with Gasteiger partial charge in [0.25, 0.3) is 0 Å². The van der Waals surface area contributed by atoms with Crippen molar-refractivity contribution < 1.29 is 0 Å². The van der Waals surface area contributed by atoms with Crippen molar-refractivity contribution in [1.29, 1.82) is 0 Å². The van der Waals surface area contributed by atoms with Crippen molar-refractivity contribution in [3.8, 4) is 0 Å². The number of nitrogens with zero attached hydrogens (tertiary/aromatic N) is 1. The maximum atomic E-state index is 3.93. The molecule has 5 nitrogen and oxygen atoms in total. The first kappa shape index (κ1) is 28.3. The van der Waals surface area contributed by atoms with Gasteiger partial charge >= 0.3 is 0 Å². The molecular weight excluding hydrogens is 599 g/mol. The highest BCUT2D eigenvalue weighted by atomic mass is 15.4. The highest BCUT2D eigenvalue weighted by Gasteiger charge is 2.32. The highest BCUT2D eigenvalue weighted by Crippen LogP contribution is 2.38. The van der Waals surface area contributed by atoms with Crippen LogP contribution in [0.25, 0.3) is 54.1 Å². The number of benzene rings is 7. The van der Waals surface area contributed by atoms with Gasteiger partial charge in [-0.3, -0.25) is 16.0 Å². The Hall–Kier alpha value is -5.72. The lowest BCUT2D eigenvalue weighted by Gasteiger charge is -2.41. The summed E-state index contributed by atoms with van der Waals surface area (Å²) in [5, 5.41) is 25.5. The number of fused-ring (bicyclic) bond motifs is 7. The Balaban J connectivity index is 1.07. The van der Waals surface area contributed by atoms with Crippen LogP contribution in [0.1, 0.15) is 29.6 Å². The van der Waals surface area contributed by atoms with Crippen molar-refractivity contribution in [2.24, 2.45) is 0 Å². The summed E-state index contributed by atoms with van der Waals surface area (Å²) < 4.78 is 2.45. The van der Waals surface area contributed by atoms with Gasteiger partial charge in [-0.2, -0.15) is 0 Å². The molecule has 0 aliphatic carbocycles. The third-order valence-corrected chi connectivity index (χ3v) is 10.3. The SMILES string of the molecule is C1=CC(C2NC(c3ccc4ccccc4c3)NC(c3ccc4ccccc4c3)N2)=CC(n2c3ccccc3c3c4ccccc4ccc32)N1. The van der Waals surface area contributed by atoms with Crippen LogP contribution < -0.4 is 21.3 Å². The molecule has 0 spiro atoms. The lowest BCUT2D eigenvalue weighted by molar-refractivity contribution is 0.223. The molecule has 1 saturated heterocycles. The predicted molar refractivity (Wildman–Crippen MR) is 203 cm³/mol. The zero-order chi connectivity index (χ0) is 32.3. The zero-order valence-corrected chi connectivity index (χ0v) is 26.8. The highest BCUT2D eigenvalue weighted by molar-refractivity contribution is 6.20. The molecule has 4 N–H and O–H groups in total. The minimum atomic E-state index is -0.107. The summed E-state index contributed by atoms with van der Waals surface area (Å²) >= 11 is 0. The van der Waals surface area contributed by atoms with E-state index in [2.05, 4.69) is 190 Å². The molecule has 3 heterocycles. The smallest absolute Gasteiger partial charge is 0.123 e. The normalized spacial score (nSPS) is 21.0. The van der Waals surface area contributed by atoms with Gasteiger partial charge in [0.2, 0.25) is 0 Å². The van der Waals surface area contributed by atoms with Crippen LogP contribution in [0.5, 0.6) is 0 Å². The molecule has 49 heavy (non-hydrogen) atoms. The summed E-state index contributed by atoms with van der Waals surface area (Å²) in [5.41, 5.74) is 6.04. The van der Waals surface area contributed by atoms with E-state index in [-0.39, 0.29) is 24.7 Å². The third-order valence-electron chi connectivity index (χ3n) is 10.3. The van der Waals surface area contributed by atoms with Crippen LogP contribution in [0.3, 0.4) is 0 Å². The van der Waals surface area contributed by atoms with E-state index < -0.39 is 0 Å². The van der Waals surface area contributed by atoms with Crippen LogP contribution in [0.2, 0.25) is 0 Å². The predicted octanol–water partition coefficient (Wildman–Crippen LogP) is 9.30. The van der Waals surface area contributed by atoms with E-state index in [1.165, 1.54) is 70.8 Å². The number of aromatic nitrogens is 1. The Morgan fingerprint density at radius 2 is 1.00 bits per heavy atom. The van der Waals surface area contributed by atoms with E-state index in [9.17, 15) is 0 Å². The van der Waals surface area contributed by atoms with Crippen molar-refractivity contribution in [3.63, 3.8) is 0 Å². The first-order valence-electron chi connectivity index (χ1n) is 17.1. The summed E-state index contributed by atoms with van der Waals surface area (Å²) in [6, 6.07) is 52.7. The maximum absolute atomic E-state index is 3.93. The molecule has 0 amide bonds. The Morgan fingerprint density at radius 1 is 0.449 bits per heavy atom. The fourth-order valence-electron chi connectivity index (χ4n) is 7.94. The van der Waals surface area contributed by atoms with E-state index >= 15 is 0 Å². The van der Waals surface area contributed by atoms with Gasteiger partial charge in [0.15, 0.2) is 0 Å². The molecule has 8 aromatic rings. The van der Waals surface area contributed by atoms with Gasteiger partial charge < -0.3 is 9.88 Å². The Labute approximate surface area is 284 Å². The second-order valence-corrected chi connectivity index (χ2v) is 13.2. The minimum absolute atomic E-state index is 0.0692. The van der Waals surface area contributed by atoms with E-state index in [0.29, 0.717) is 0 Å². The quantitative estimate of drug-likeness (QED) is 0.156. The standard InChI is InChI=1S/C44H35N5/c1-3-12-31-25-33(19-17-28(31)9-1)42-46-43(34-20-18-29-10-2-4-13-32(29)26-34)48-44(47-42)35-23-24-45-40(27-35)49-38-16-8-7-15-37(38)41-36-14-6-5-11-30(36)21-22-39(41)49/h1-27,40,42-48H. The van der Waals surface area contributed by atoms with Gasteiger partial charge in [0.1, 0.15) is 6.17 Å². The number of hydrogen-bond acceptors (Lipinski definition) is 4. The molecule has 10 rings (SSSR count). The maximum Gasteiger partial charge on any atom is 0.123 e. The van der Waals surface area contributed by atoms with Gasteiger partial charge in [0, 0.05) is 10.8 Å². The fourth-order valence-corrected chi connectivity index (χ4v) is 7.94. The Morgan fingerprint density at radius 3 is 1.69 bits per heavy atom. The number of nitrogens with one attached hydrogen (secondary N) is 4. The van der Waals surface area contributed by atoms with Crippen LogP contribution in [0, 0.1) is 0 Å². The molecule has 236 valence electrons. The topological polar surface area (TPSA) is 53.0 Å². The molecule has 2 aliphatic rings. The summed E-state index contributed by atoms with van der Waals surface area (Å²) in [6.45, 7) is 0. The van der Waals surface area contributed by atoms with Gasteiger partial charge in [0.05, 0.1) is 29.5 Å². The van der Waals surface area contributed by atoms with Gasteiger partial charge in [-0.05, 0) is 91.6 Å². The summed E-state index contributed by atoms with van der Waals surface area (Å²) in [6.07, 6.45) is 6.34. The van der Waals surface area contributed by atoms with Crippen molar-refractivity contribution in [3.05, 3.63) is 181 Å². The molecule has 7 aromatic carbocycles. The van der Waals surface area contributed by atoms with E-state index in [1.807, 2.05) is 0 Å². The van der Waals surface area contributed by atoms with Gasteiger partial charge in [-0.15, -0.1) is 0 Å². The molecule has 1 aromatic heterocycles. The molecule has 0 radical (unpaired) electrons. The number of rotatable bonds is 4. The minimum Gasteiger partial charge on any atom is -0.368 e. The Bertz CT molecular complexity index is 2530. The Kier molecular flexibility index (Phi) is 6.62. The fraction of sp³-hybridized carbons (Fsp3) is 0.0909. The van der Waals surface area contributed by atoms with Gasteiger partial charge in [-0.25, -0.2) is 0 Å². The number of para-hydroxylation sites is 1. The summed E-state index contributed by atoms with van der Waals surface area (Å²) in [5.74, 6) is 0. The van der Waals surface area contributed by atoms with Crippen LogP contribution in [-0.4, -0.2) is 10.7 Å². The van der Waals surface area contributed by atoms with Crippen molar-refractivity contribution in [1.82, 2.24) is 25.8 Å². The van der Waals surface area contributed by atoms with Crippen molar-refractivity contribution >= 4 is 54.1 Å². The van der Waals surface area contributed by atoms with Crippen LogP contribution in [0.4, 0.5) is 0 Å². The molecule has 3 atom stereocenters. The average molecular weight is 634 g/mol. The molecule has 5 heteroatoms. The summed E-state index contributed by atoms with van der Waals surface area (Å²) in [7, 11) is 0. The summed E-state index contributed by atoms with van der Waals surface area (Å²) in [4.78, 5) is 0. The van der Waals surface area contributed by atoms with Crippen molar-refractivity contribution in [2.45, 2.75) is 24.7 Å². The largest absolute Gasteiger partial charge is 0.368 e. The van der Waals surface area contributed by atoms with Crippen molar-refractivity contribution in [2.75, 3.05) is 0 Å².